The number of hydrogen-bond acceptors (Lipinski definition) is 8. The highest BCUT2D eigenvalue weighted by molar-refractivity contribution is 5.92. The van der Waals surface area contributed by atoms with E-state index >= 15 is 0 Å². The summed E-state index contributed by atoms with van der Waals surface area (Å²) in [6, 6.07) is 3.08. The number of nitrogens with two attached hydrogens (primary N) is 1. The smallest absolute Gasteiger partial charge is 0.271 e. The van der Waals surface area contributed by atoms with Gasteiger partial charge in [0.25, 0.3) is 5.91 Å². The van der Waals surface area contributed by atoms with Crippen LogP contribution in [0, 0.1) is 0 Å². The van der Waals surface area contributed by atoms with Gasteiger partial charge >= 0.3 is 0 Å². The zero-order valence-electron chi connectivity index (χ0n) is 9.33. The average Bonchev–Trinajstić information content (AvgIpc) is 2.92. The van der Waals surface area contributed by atoms with E-state index in [1.807, 2.05) is 0 Å². The minimum atomic E-state index is -0.324. The third-order valence-electron chi connectivity index (χ3n) is 2.09. The van der Waals surface area contributed by atoms with Crippen LogP contribution in [0.2, 0.25) is 0 Å². The number of hydrazine groups is 1. The molecule has 0 aliphatic rings. The zero-order chi connectivity index (χ0) is 12.8. The van der Waals surface area contributed by atoms with Crippen molar-refractivity contribution in [2.45, 2.75) is 6.42 Å². The van der Waals surface area contributed by atoms with Gasteiger partial charge in [-0.3, -0.25) is 4.79 Å². The van der Waals surface area contributed by atoms with Gasteiger partial charge in [0.15, 0.2) is 17.3 Å². The van der Waals surface area contributed by atoms with Crippen LogP contribution in [0.1, 0.15) is 16.3 Å². The monoisotopic (exact) mass is 249 g/mol. The molecule has 0 radical (unpaired) electrons. The Morgan fingerprint density at radius 3 is 2.89 bits per heavy atom. The molecule has 0 saturated carbocycles. The first-order valence-corrected chi connectivity index (χ1v) is 5.13. The lowest BCUT2D eigenvalue weighted by atomic mass is 10.3. The molecule has 0 spiro atoms. The maximum atomic E-state index is 11.6. The van der Waals surface area contributed by atoms with Gasteiger partial charge in [-0.25, -0.2) is 5.84 Å². The summed E-state index contributed by atoms with van der Waals surface area (Å²) >= 11 is 0. The lowest BCUT2D eigenvalue weighted by Crippen LogP contribution is -2.27. The molecular weight excluding hydrogens is 238 g/mol. The van der Waals surface area contributed by atoms with E-state index in [-0.39, 0.29) is 11.6 Å². The maximum Gasteiger partial charge on any atom is 0.271 e. The predicted octanol–water partition coefficient (Wildman–Crippen LogP) is -0.882. The number of nitrogens with zero attached hydrogens (tertiary/aromatic N) is 4. The lowest BCUT2D eigenvalue weighted by molar-refractivity contribution is 0.0948. The van der Waals surface area contributed by atoms with Crippen LogP contribution >= 0.6 is 0 Å². The molecule has 18 heavy (non-hydrogen) atoms. The van der Waals surface area contributed by atoms with Crippen molar-refractivity contribution in [1.82, 2.24) is 25.7 Å². The molecule has 2 rings (SSSR count). The molecule has 9 heteroatoms. The molecule has 0 atom stereocenters. The quantitative estimate of drug-likeness (QED) is 0.459. The van der Waals surface area contributed by atoms with Gasteiger partial charge < -0.3 is 15.3 Å². The molecule has 1 amide bonds. The fourth-order valence-electron chi connectivity index (χ4n) is 1.21. The predicted molar refractivity (Wildman–Crippen MR) is 60.2 cm³/mol. The number of carbonyl (C=O) groups excluding carboxylic acids is 1. The van der Waals surface area contributed by atoms with E-state index in [1.54, 1.807) is 6.07 Å². The van der Waals surface area contributed by atoms with Gasteiger partial charge in [0, 0.05) is 13.0 Å². The Morgan fingerprint density at radius 2 is 2.28 bits per heavy atom. The second kappa shape index (κ2) is 5.68. The van der Waals surface area contributed by atoms with Crippen molar-refractivity contribution in [1.29, 1.82) is 0 Å². The third kappa shape index (κ3) is 2.98. The van der Waals surface area contributed by atoms with Gasteiger partial charge in [-0.1, -0.05) is 5.16 Å². The Kier molecular flexibility index (Phi) is 3.76. The van der Waals surface area contributed by atoms with Crippen LogP contribution in [-0.4, -0.2) is 32.8 Å². The first-order chi connectivity index (χ1) is 8.79. The van der Waals surface area contributed by atoms with E-state index in [2.05, 4.69) is 35.6 Å². The topological polar surface area (TPSA) is 132 Å². The number of nitrogen functional groups attached to an aromatic ring is 1. The second-order valence-electron chi connectivity index (χ2n) is 3.30. The van der Waals surface area contributed by atoms with Crippen LogP contribution in [0.3, 0.4) is 0 Å². The zero-order valence-corrected chi connectivity index (χ0v) is 9.33. The van der Waals surface area contributed by atoms with Crippen LogP contribution < -0.4 is 16.6 Å². The van der Waals surface area contributed by atoms with E-state index in [4.69, 9.17) is 5.84 Å². The summed E-state index contributed by atoms with van der Waals surface area (Å²) in [5.74, 6) is 5.73. The molecule has 0 fully saturated rings. The summed E-state index contributed by atoms with van der Waals surface area (Å²) < 4.78 is 4.57. The standard InChI is InChI=1S/C9H11N7O2/c10-13-8-2-1-6(14-15-8)9(17)11-4-3-7-12-5-18-16-7/h1-2,5H,3-4,10H2,(H,11,17)(H,13,15). The van der Waals surface area contributed by atoms with Crippen molar-refractivity contribution >= 4 is 11.7 Å². The van der Waals surface area contributed by atoms with Crippen molar-refractivity contribution < 1.29 is 9.32 Å². The van der Waals surface area contributed by atoms with E-state index in [1.165, 1.54) is 12.5 Å². The molecule has 2 heterocycles. The molecule has 9 nitrogen and oxygen atoms in total. The molecule has 0 aromatic carbocycles. The minimum Gasteiger partial charge on any atom is -0.350 e. The third-order valence-corrected chi connectivity index (χ3v) is 2.09. The highest BCUT2D eigenvalue weighted by atomic mass is 16.5. The summed E-state index contributed by atoms with van der Waals surface area (Å²) in [5.41, 5.74) is 2.53. The van der Waals surface area contributed by atoms with Crippen LogP contribution in [0.25, 0.3) is 0 Å². The number of anilines is 1. The number of aromatic nitrogens is 4. The number of hydrogen-bond donors (Lipinski definition) is 3. The van der Waals surface area contributed by atoms with Crippen molar-refractivity contribution in [3.8, 4) is 0 Å². The molecule has 4 N–H and O–H groups in total. The van der Waals surface area contributed by atoms with Gasteiger partial charge in [0.05, 0.1) is 0 Å². The molecule has 0 bridgehead atoms. The summed E-state index contributed by atoms with van der Waals surface area (Å²) in [6.07, 6.45) is 1.72. The van der Waals surface area contributed by atoms with Crippen LogP contribution in [0.4, 0.5) is 5.82 Å². The van der Waals surface area contributed by atoms with Gasteiger partial charge in [-0.05, 0) is 12.1 Å². The van der Waals surface area contributed by atoms with Gasteiger partial charge in [-0.2, -0.15) is 4.98 Å². The highest BCUT2D eigenvalue weighted by Crippen LogP contribution is 1.99. The van der Waals surface area contributed by atoms with E-state index in [0.717, 1.165) is 0 Å². The molecular formula is C9H11N7O2. The summed E-state index contributed by atoms with van der Waals surface area (Å²) in [4.78, 5) is 15.5. The fourth-order valence-corrected chi connectivity index (χ4v) is 1.21. The summed E-state index contributed by atoms with van der Waals surface area (Å²) in [5, 5.41) is 13.7. The summed E-state index contributed by atoms with van der Waals surface area (Å²) in [7, 11) is 0. The highest BCUT2D eigenvalue weighted by Gasteiger charge is 2.08. The normalized spacial score (nSPS) is 10.1. The first-order valence-electron chi connectivity index (χ1n) is 5.13. The SMILES string of the molecule is NNc1ccc(C(=O)NCCc2ncon2)nn1. The fraction of sp³-hybridized carbons (Fsp3) is 0.222. The molecule has 0 aliphatic carbocycles. The largest absolute Gasteiger partial charge is 0.350 e. The average molecular weight is 249 g/mol. The van der Waals surface area contributed by atoms with Crippen molar-refractivity contribution in [3.05, 3.63) is 30.0 Å². The van der Waals surface area contributed by atoms with Gasteiger partial charge in [-0.15, -0.1) is 10.2 Å². The van der Waals surface area contributed by atoms with Gasteiger partial charge in [0.1, 0.15) is 0 Å². The van der Waals surface area contributed by atoms with Crippen molar-refractivity contribution in [3.63, 3.8) is 0 Å². The van der Waals surface area contributed by atoms with Crippen molar-refractivity contribution in [2.24, 2.45) is 5.84 Å². The van der Waals surface area contributed by atoms with E-state index in [0.29, 0.717) is 24.6 Å². The Labute approximate surface area is 102 Å². The van der Waals surface area contributed by atoms with Crippen LogP contribution in [0.5, 0.6) is 0 Å². The second-order valence-corrected chi connectivity index (χ2v) is 3.30. The maximum absolute atomic E-state index is 11.6. The minimum absolute atomic E-state index is 0.210. The Balaban J connectivity index is 1.83. The Hall–Kier alpha value is -2.55. The number of carbonyl (C=O) groups is 1. The van der Waals surface area contributed by atoms with E-state index in [9.17, 15) is 4.79 Å². The lowest BCUT2D eigenvalue weighted by Gasteiger charge is -2.03. The van der Waals surface area contributed by atoms with Crippen LogP contribution in [-0.2, 0) is 6.42 Å². The van der Waals surface area contributed by atoms with Gasteiger partial charge in [0.2, 0.25) is 6.39 Å². The van der Waals surface area contributed by atoms with Crippen LogP contribution in [0.15, 0.2) is 23.0 Å². The molecule has 2 aromatic heterocycles. The Bertz CT molecular complexity index is 496. The summed E-state index contributed by atoms with van der Waals surface area (Å²) in [6.45, 7) is 0.386. The number of rotatable bonds is 5. The molecule has 94 valence electrons. The molecule has 0 aliphatic heterocycles. The number of nitrogens with one attached hydrogen (secondary N) is 2. The Morgan fingerprint density at radius 1 is 1.39 bits per heavy atom. The molecule has 2 aromatic rings. The van der Waals surface area contributed by atoms with E-state index < -0.39 is 0 Å². The molecule has 0 unspecified atom stereocenters. The number of amides is 1. The first kappa shape index (κ1) is 11.9. The van der Waals surface area contributed by atoms with Crippen molar-refractivity contribution in [2.75, 3.05) is 12.0 Å². The molecule has 0 saturated heterocycles.